The van der Waals surface area contributed by atoms with Gasteiger partial charge < -0.3 is 15.2 Å². The molecule has 2 N–H and O–H groups in total. The van der Waals surface area contributed by atoms with E-state index in [9.17, 15) is 0 Å². The van der Waals surface area contributed by atoms with Crippen LogP contribution in [0.25, 0.3) is 11.1 Å². The number of nitrogens with two attached hydrogens (primary N) is 1. The molecule has 2 aromatic carbocycles. The van der Waals surface area contributed by atoms with Crippen molar-refractivity contribution in [3.05, 3.63) is 78.4 Å². The van der Waals surface area contributed by atoms with E-state index >= 15 is 0 Å². The topological polar surface area (TPSA) is 59.4 Å². The Labute approximate surface area is 172 Å². The van der Waals surface area contributed by atoms with Gasteiger partial charge in [-0.3, -0.25) is 0 Å². The maximum atomic E-state index is 6.28. The minimum atomic E-state index is 0.602. The number of benzene rings is 2. The van der Waals surface area contributed by atoms with E-state index in [2.05, 4.69) is 69.9 Å². The maximum absolute atomic E-state index is 6.28. The standard InChI is InChI=1S/C24H29N5/c1-19-10-13-29(14-11-19)24(25)27-16-22-4-2-3-5-23(22)21-8-6-20(7-9-21)17-28-15-12-26-18-28/h2-9,12,15,18-19H,10-11,13-14,16-17H2,1H3,(H2,25,27). The van der Waals surface area contributed by atoms with Gasteiger partial charge in [-0.15, -0.1) is 0 Å². The molecule has 0 amide bonds. The molecule has 1 aliphatic rings. The highest BCUT2D eigenvalue weighted by Crippen LogP contribution is 2.25. The van der Waals surface area contributed by atoms with Gasteiger partial charge in [-0.1, -0.05) is 55.5 Å². The molecule has 4 rings (SSSR count). The summed E-state index contributed by atoms with van der Waals surface area (Å²) in [5.74, 6) is 1.46. The highest BCUT2D eigenvalue weighted by molar-refractivity contribution is 5.78. The van der Waals surface area contributed by atoms with Gasteiger partial charge in [-0.05, 0) is 41.0 Å². The molecule has 150 valence electrons. The second-order valence-electron chi connectivity index (χ2n) is 7.93. The summed E-state index contributed by atoms with van der Waals surface area (Å²) in [6, 6.07) is 17.2. The third-order valence-corrected chi connectivity index (χ3v) is 5.73. The zero-order chi connectivity index (χ0) is 20.1. The molecule has 0 unspecified atom stereocenters. The van der Waals surface area contributed by atoms with Crippen molar-refractivity contribution >= 4 is 5.96 Å². The van der Waals surface area contributed by atoms with E-state index in [1.54, 1.807) is 6.20 Å². The van der Waals surface area contributed by atoms with Crippen LogP contribution in [0.5, 0.6) is 0 Å². The molecule has 1 saturated heterocycles. The number of hydrogen-bond donors (Lipinski definition) is 1. The Kier molecular flexibility index (Phi) is 5.94. The normalized spacial score (nSPS) is 15.6. The summed E-state index contributed by atoms with van der Waals surface area (Å²) in [5, 5.41) is 0. The number of hydrogen-bond acceptors (Lipinski definition) is 2. The van der Waals surface area contributed by atoms with Crippen LogP contribution in [0.4, 0.5) is 0 Å². The summed E-state index contributed by atoms with van der Waals surface area (Å²) in [4.78, 5) is 11.0. The number of guanidine groups is 1. The van der Waals surface area contributed by atoms with Gasteiger partial charge in [0.25, 0.3) is 0 Å². The lowest BCUT2D eigenvalue weighted by molar-refractivity contribution is 0.277. The van der Waals surface area contributed by atoms with E-state index in [1.807, 2.05) is 12.5 Å². The predicted molar refractivity (Wildman–Crippen MR) is 119 cm³/mol. The quantitative estimate of drug-likeness (QED) is 0.529. The first-order valence-electron chi connectivity index (χ1n) is 10.4. The number of aliphatic imine (C=N–C) groups is 1. The lowest BCUT2D eigenvalue weighted by Gasteiger charge is -2.31. The van der Waals surface area contributed by atoms with Gasteiger partial charge in [-0.2, -0.15) is 0 Å². The van der Waals surface area contributed by atoms with Crippen molar-refractivity contribution in [3.63, 3.8) is 0 Å². The Hall–Kier alpha value is -3.08. The van der Waals surface area contributed by atoms with E-state index in [4.69, 9.17) is 10.7 Å². The van der Waals surface area contributed by atoms with Crippen molar-refractivity contribution in [2.24, 2.45) is 16.6 Å². The van der Waals surface area contributed by atoms with Crippen LogP contribution in [-0.4, -0.2) is 33.5 Å². The molecule has 0 saturated carbocycles. The van der Waals surface area contributed by atoms with Crippen molar-refractivity contribution in [1.82, 2.24) is 14.5 Å². The van der Waals surface area contributed by atoms with E-state index in [0.717, 1.165) is 25.6 Å². The number of imidazole rings is 1. The third-order valence-electron chi connectivity index (χ3n) is 5.73. The molecule has 3 aromatic rings. The van der Waals surface area contributed by atoms with Crippen LogP contribution in [0.15, 0.2) is 72.2 Å². The van der Waals surface area contributed by atoms with E-state index in [0.29, 0.717) is 12.5 Å². The van der Waals surface area contributed by atoms with Crippen LogP contribution in [0.2, 0.25) is 0 Å². The summed E-state index contributed by atoms with van der Waals surface area (Å²) < 4.78 is 2.07. The van der Waals surface area contributed by atoms with Crippen LogP contribution in [0.1, 0.15) is 30.9 Å². The van der Waals surface area contributed by atoms with E-state index in [-0.39, 0.29) is 0 Å². The first kappa shape index (κ1) is 19.2. The average Bonchev–Trinajstić information content (AvgIpc) is 3.26. The van der Waals surface area contributed by atoms with Crippen LogP contribution in [-0.2, 0) is 13.1 Å². The summed E-state index contributed by atoms with van der Waals surface area (Å²) in [6.45, 7) is 5.76. The molecular formula is C24H29N5. The zero-order valence-corrected chi connectivity index (χ0v) is 17.0. The zero-order valence-electron chi connectivity index (χ0n) is 17.0. The Morgan fingerprint density at radius 3 is 2.59 bits per heavy atom. The highest BCUT2D eigenvalue weighted by Gasteiger charge is 2.17. The summed E-state index contributed by atoms with van der Waals surface area (Å²) in [6.07, 6.45) is 8.01. The minimum absolute atomic E-state index is 0.602. The fourth-order valence-corrected chi connectivity index (χ4v) is 3.82. The second-order valence-corrected chi connectivity index (χ2v) is 7.93. The SMILES string of the molecule is CC1CCN(C(N)=NCc2ccccc2-c2ccc(Cn3ccnc3)cc2)CC1. The van der Waals surface area contributed by atoms with Gasteiger partial charge in [0.15, 0.2) is 5.96 Å². The molecule has 5 nitrogen and oxygen atoms in total. The molecule has 0 aliphatic carbocycles. The van der Waals surface area contributed by atoms with Crippen LogP contribution >= 0.6 is 0 Å². The summed E-state index contributed by atoms with van der Waals surface area (Å²) in [5.41, 5.74) is 11.2. The fourth-order valence-electron chi connectivity index (χ4n) is 3.82. The Balaban J connectivity index is 1.47. The molecule has 5 heteroatoms. The molecule has 0 radical (unpaired) electrons. The van der Waals surface area contributed by atoms with Gasteiger partial charge in [0.2, 0.25) is 0 Å². The molecular weight excluding hydrogens is 358 g/mol. The molecule has 29 heavy (non-hydrogen) atoms. The van der Waals surface area contributed by atoms with Gasteiger partial charge in [0.05, 0.1) is 12.9 Å². The number of rotatable bonds is 5. The van der Waals surface area contributed by atoms with Gasteiger partial charge in [-0.25, -0.2) is 9.98 Å². The predicted octanol–water partition coefficient (Wildman–Crippen LogP) is 4.15. The highest BCUT2D eigenvalue weighted by atomic mass is 15.3. The van der Waals surface area contributed by atoms with Crippen molar-refractivity contribution in [2.45, 2.75) is 32.9 Å². The summed E-state index contributed by atoms with van der Waals surface area (Å²) in [7, 11) is 0. The monoisotopic (exact) mass is 387 g/mol. The van der Waals surface area contributed by atoms with E-state index < -0.39 is 0 Å². The van der Waals surface area contributed by atoms with E-state index in [1.165, 1.54) is 35.1 Å². The number of nitrogens with zero attached hydrogens (tertiary/aromatic N) is 4. The van der Waals surface area contributed by atoms with Crippen molar-refractivity contribution in [1.29, 1.82) is 0 Å². The average molecular weight is 388 g/mol. The Morgan fingerprint density at radius 2 is 1.86 bits per heavy atom. The Bertz CT molecular complexity index is 936. The molecule has 0 spiro atoms. The largest absolute Gasteiger partial charge is 0.370 e. The molecule has 1 fully saturated rings. The van der Waals surface area contributed by atoms with Crippen molar-refractivity contribution < 1.29 is 0 Å². The third kappa shape index (κ3) is 4.86. The van der Waals surface area contributed by atoms with Crippen LogP contribution in [0.3, 0.4) is 0 Å². The van der Waals surface area contributed by atoms with Crippen LogP contribution < -0.4 is 5.73 Å². The van der Waals surface area contributed by atoms with Crippen molar-refractivity contribution in [2.75, 3.05) is 13.1 Å². The lowest BCUT2D eigenvalue weighted by Crippen LogP contribution is -2.42. The van der Waals surface area contributed by atoms with Gasteiger partial charge >= 0.3 is 0 Å². The number of aromatic nitrogens is 2. The first-order chi connectivity index (χ1) is 14.2. The minimum Gasteiger partial charge on any atom is -0.370 e. The molecule has 0 atom stereocenters. The molecule has 1 aromatic heterocycles. The second kappa shape index (κ2) is 8.95. The van der Waals surface area contributed by atoms with Gasteiger partial charge in [0.1, 0.15) is 0 Å². The lowest BCUT2D eigenvalue weighted by atomic mass is 9.98. The first-order valence-corrected chi connectivity index (χ1v) is 10.4. The number of likely N-dealkylation sites (tertiary alicyclic amines) is 1. The fraction of sp³-hybridized carbons (Fsp3) is 0.333. The summed E-state index contributed by atoms with van der Waals surface area (Å²) >= 11 is 0. The van der Waals surface area contributed by atoms with Gasteiger partial charge in [0, 0.05) is 32.0 Å². The Morgan fingerprint density at radius 1 is 1.10 bits per heavy atom. The molecule has 0 bridgehead atoms. The smallest absolute Gasteiger partial charge is 0.191 e. The molecule has 2 heterocycles. The van der Waals surface area contributed by atoms with Crippen molar-refractivity contribution in [3.8, 4) is 11.1 Å². The van der Waals surface area contributed by atoms with Crippen LogP contribution in [0, 0.1) is 5.92 Å². The maximum Gasteiger partial charge on any atom is 0.191 e. The molecule has 1 aliphatic heterocycles. The number of piperidine rings is 1.